The number of esters is 3. The van der Waals surface area contributed by atoms with Crippen molar-refractivity contribution in [1.29, 1.82) is 0 Å². The highest BCUT2D eigenvalue weighted by Crippen LogP contribution is 2.17. The summed E-state index contributed by atoms with van der Waals surface area (Å²) in [4.78, 5) is 38.3. The van der Waals surface area contributed by atoms with E-state index in [9.17, 15) is 14.4 Å². The van der Waals surface area contributed by atoms with Crippen molar-refractivity contribution in [3.05, 3.63) is 109 Å². The summed E-state index contributed by atoms with van der Waals surface area (Å²) >= 11 is 0. The summed E-state index contributed by atoms with van der Waals surface area (Å²) in [6, 6.07) is 0. The van der Waals surface area contributed by atoms with Gasteiger partial charge in [-0.2, -0.15) is 0 Å². The van der Waals surface area contributed by atoms with Crippen molar-refractivity contribution in [2.45, 2.75) is 316 Å². The van der Waals surface area contributed by atoms with E-state index in [-0.39, 0.29) is 37.5 Å². The van der Waals surface area contributed by atoms with Crippen LogP contribution in [0.15, 0.2) is 109 Å². The van der Waals surface area contributed by atoms with Gasteiger partial charge >= 0.3 is 17.9 Å². The van der Waals surface area contributed by atoms with E-state index in [1.54, 1.807) is 0 Å². The fourth-order valence-corrected chi connectivity index (χ4v) is 9.10. The zero-order valence-electron chi connectivity index (χ0n) is 51.2. The van der Waals surface area contributed by atoms with Crippen LogP contribution in [-0.4, -0.2) is 37.2 Å². The van der Waals surface area contributed by atoms with Crippen molar-refractivity contribution < 1.29 is 28.6 Å². The SMILES string of the molecule is CC/C=C\C/C=C\C/C=C\C/C=C\C/C=C\C/C=C\C/C=C\CCCC(=O)OCC(COC(=O)CCCCCCC/C=C\C/C=C\CCCC)OC(=O)CCCCCCCCCCCCCCCCCCCCCCCCC. The first-order valence-corrected chi connectivity index (χ1v) is 32.9. The molecule has 0 saturated heterocycles. The van der Waals surface area contributed by atoms with Crippen LogP contribution in [0.3, 0.4) is 0 Å². The van der Waals surface area contributed by atoms with Gasteiger partial charge in [-0.05, 0) is 96.3 Å². The van der Waals surface area contributed by atoms with Crippen LogP contribution in [0.4, 0.5) is 0 Å². The molecule has 0 aromatic rings. The minimum atomic E-state index is -0.809. The van der Waals surface area contributed by atoms with Gasteiger partial charge < -0.3 is 14.2 Å². The molecule has 0 radical (unpaired) electrons. The third kappa shape index (κ3) is 62.9. The van der Waals surface area contributed by atoms with E-state index in [0.29, 0.717) is 19.3 Å². The summed E-state index contributed by atoms with van der Waals surface area (Å²) < 4.78 is 16.9. The predicted octanol–water partition coefficient (Wildman–Crippen LogP) is 22.6. The fourth-order valence-electron chi connectivity index (χ4n) is 9.10. The molecule has 0 aromatic heterocycles. The highest BCUT2D eigenvalue weighted by atomic mass is 16.6. The normalized spacial score (nSPS) is 12.8. The smallest absolute Gasteiger partial charge is 0.306 e. The number of carbonyl (C=O) groups excluding carboxylic acids is 3. The van der Waals surface area contributed by atoms with E-state index in [1.807, 2.05) is 0 Å². The molecule has 6 nitrogen and oxygen atoms in total. The van der Waals surface area contributed by atoms with Crippen LogP contribution in [0.1, 0.15) is 310 Å². The Morgan fingerprint density at radius 3 is 0.872 bits per heavy atom. The van der Waals surface area contributed by atoms with Crippen molar-refractivity contribution in [3.8, 4) is 0 Å². The molecular weight excluding hydrogens is 961 g/mol. The van der Waals surface area contributed by atoms with Crippen molar-refractivity contribution in [3.63, 3.8) is 0 Å². The third-order valence-corrected chi connectivity index (χ3v) is 14.0. The van der Waals surface area contributed by atoms with Gasteiger partial charge in [0.15, 0.2) is 6.10 Å². The van der Waals surface area contributed by atoms with Gasteiger partial charge in [-0.1, -0.05) is 304 Å². The molecule has 0 heterocycles. The van der Waals surface area contributed by atoms with Crippen molar-refractivity contribution in [1.82, 2.24) is 0 Å². The summed E-state index contributed by atoms with van der Waals surface area (Å²) in [5.74, 6) is -0.967. The van der Waals surface area contributed by atoms with Crippen LogP contribution in [0, 0.1) is 0 Å². The lowest BCUT2D eigenvalue weighted by Crippen LogP contribution is -2.30. The van der Waals surface area contributed by atoms with Crippen LogP contribution in [0.25, 0.3) is 0 Å². The molecule has 0 amide bonds. The van der Waals surface area contributed by atoms with Crippen LogP contribution in [-0.2, 0) is 28.6 Å². The molecule has 0 fully saturated rings. The summed E-state index contributed by atoms with van der Waals surface area (Å²) in [7, 11) is 0. The van der Waals surface area contributed by atoms with Gasteiger partial charge in [0.05, 0.1) is 0 Å². The second-order valence-electron chi connectivity index (χ2n) is 21.6. The van der Waals surface area contributed by atoms with E-state index >= 15 is 0 Å². The molecule has 446 valence electrons. The molecule has 78 heavy (non-hydrogen) atoms. The number of hydrogen-bond acceptors (Lipinski definition) is 6. The van der Waals surface area contributed by atoms with Gasteiger partial charge in [0.25, 0.3) is 0 Å². The Hall–Kier alpha value is -3.93. The van der Waals surface area contributed by atoms with E-state index in [1.165, 1.54) is 148 Å². The van der Waals surface area contributed by atoms with Gasteiger partial charge in [-0.3, -0.25) is 14.4 Å². The van der Waals surface area contributed by atoms with Crippen molar-refractivity contribution in [2.75, 3.05) is 13.2 Å². The number of unbranched alkanes of at least 4 members (excludes halogenated alkanes) is 30. The van der Waals surface area contributed by atoms with Gasteiger partial charge in [0, 0.05) is 19.3 Å². The van der Waals surface area contributed by atoms with Crippen LogP contribution in [0.2, 0.25) is 0 Å². The molecule has 1 unspecified atom stereocenters. The number of allylic oxidation sites excluding steroid dienone is 18. The Bertz CT molecular complexity index is 1570. The molecule has 0 aliphatic rings. The van der Waals surface area contributed by atoms with Gasteiger partial charge in [-0.15, -0.1) is 0 Å². The number of hydrogen-bond donors (Lipinski definition) is 0. The molecule has 0 aromatic carbocycles. The maximum absolute atomic E-state index is 12.9. The first kappa shape index (κ1) is 74.1. The third-order valence-electron chi connectivity index (χ3n) is 14.0. The molecule has 0 rings (SSSR count). The molecule has 0 saturated carbocycles. The monoisotopic (exact) mass is 1080 g/mol. The molecule has 0 aliphatic heterocycles. The number of rotatable bonds is 59. The lowest BCUT2D eigenvalue weighted by Gasteiger charge is -2.18. The Labute approximate surface area is 482 Å². The molecule has 0 bridgehead atoms. The lowest BCUT2D eigenvalue weighted by atomic mass is 10.0. The van der Waals surface area contributed by atoms with Crippen molar-refractivity contribution in [2.24, 2.45) is 0 Å². The fraction of sp³-hybridized carbons (Fsp3) is 0.708. The maximum Gasteiger partial charge on any atom is 0.306 e. The highest BCUT2D eigenvalue weighted by Gasteiger charge is 2.19. The summed E-state index contributed by atoms with van der Waals surface area (Å²) in [5, 5.41) is 0. The zero-order chi connectivity index (χ0) is 56.4. The first-order valence-electron chi connectivity index (χ1n) is 32.9. The lowest BCUT2D eigenvalue weighted by molar-refractivity contribution is -0.167. The maximum atomic E-state index is 12.9. The molecular formula is C72H122O6. The van der Waals surface area contributed by atoms with E-state index in [4.69, 9.17) is 14.2 Å². The highest BCUT2D eigenvalue weighted by molar-refractivity contribution is 5.71. The quantitative estimate of drug-likeness (QED) is 0.0261. The average molecular weight is 1080 g/mol. The van der Waals surface area contributed by atoms with Crippen LogP contribution < -0.4 is 0 Å². The second kappa shape index (κ2) is 65.6. The molecule has 1 atom stereocenters. The summed E-state index contributed by atoms with van der Waals surface area (Å²) in [5.41, 5.74) is 0. The topological polar surface area (TPSA) is 78.9 Å². The van der Waals surface area contributed by atoms with Gasteiger partial charge in [-0.25, -0.2) is 0 Å². The zero-order valence-corrected chi connectivity index (χ0v) is 51.2. The van der Waals surface area contributed by atoms with Gasteiger partial charge in [0.1, 0.15) is 13.2 Å². The Kier molecular flexibility index (Phi) is 62.3. The van der Waals surface area contributed by atoms with E-state index < -0.39 is 6.10 Å². The molecule has 0 spiro atoms. The standard InChI is InChI=1S/C72H122O6/c1-4-7-10-13-16-19-22-25-28-30-32-34-36-38-40-42-44-47-50-53-56-59-62-65-71(74)77-68-69(67-76-70(73)64-61-58-55-52-49-46-27-24-21-18-15-12-9-6-3)78-72(75)66-63-60-57-54-51-48-45-43-41-39-37-35-33-31-29-26-23-20-17-14-11-8-5-2/h7,10,15-16,18-19,24-25,27-28,32,34,38,40,44,47,53,56,69H,4-6,8-9,11-14,17,20-23,26,29-31,33,35-37,39,41-43,45-46,48-52,54-55,57-68H2,1-3H3/b10-7-,18-15-,19-16-,27-24-,28-25-,34-32-,40-38-,47-44-,56-53-. The van der Waals surface area contributed by atoms with E-state index in [0.717, 1.165) is 116 Å². The number of carbonyl (C=O) groups is 3. The minimum absolute atomic E-state index is 0.102. The van der Waals surface area contributed by atoms with E-state index in [2.05, 4.69) is 130 Å². The Balaban J connectivity index is 4.43. The number of ether oxygens (including phenoxy) is 3. The summed E-state index contributed by atoms with van der Waals surface area (Å²) in [6.45, 7) is 6.46. The second-order valence-corrected chi connectivity index (χ2v) is 21.6. The first-order chi connectivity index (χ1) is 38.5. The molecule has 0 aliphatic carbocycles. The largest absolute Gasteiger partial charge is 0.462 e. The van der Waals surface area contributed by atoms with Gasteiger partial charge in [0.2, 0.25) is 0 Å². The Morgan fingerprint density at radius 1 is 0.269 bits per heavy atom. The Morgan fingerprint density at radius 2 is 0.526 bits per heavy atom. The average Bonchev–Trinajstić information content (AvgIpc) is 3.44. The van der Waals surface area contributed by atoms with Crippen LogP contribution >= 0.6 is 0 Å². The summed E-state index contributed by atoms with van der Waals surface area (Å²) in [6.07, 6.45) is 89.6. The minimum Gasteiger partial charge on any atom is -0.462 e. The molecule has 6 heteroatoms. The molecule has 0 N–H and O–H groups in total. The predicted molar refractivity (Wildman–Crippen MR) is 339 cm³/mol. The van der Waals surface area contributed by atoms with Crippen LogP contribution in [0.5, 0.6) is 0 Å². The van der Waals surface area contributed by atoms with Crippen molar-refractivity contribution >= 4 is 17.9 Å².